The Morgan fingerprint density at radius 3 is 1.72 bits per heavy atom. The number of Topliss-reactive ketones (excluding diaryl/α,β-unsaturated/α-hetero) is 2. The highest BCUT2D eigenvalue weighted by molar-refractivity contribution is 7.21. The van der Waals surface area contributed by atoms with Crippen LogP contribution in [0.2, 0.25) is 0 Å². The third-order valence-corrected chi connectivity index (χ3v) is 13.5. The second-order valence-corrected chi connectivity index (χ2v) is 17.7. The number of amides is 1. The summed E-state index contributed by atoms with van der Waals surface area (Å²) in [5.41, 5.74) is 10.6. The van der Waals surface area contributed by atoms with E-state index in [0.717, 1.165) is 94.9 Å². The van der Waals surface area contributed by atoms with Crippen molar-refractivity contribution in [3.05, 3.63) is 93.4 Å². The largest absolute Gasteiger partial charge is 0.461 e. The maximum Gasteiger partial charge on any atom is 0.408 e. The molecular formula is C46H54N4O8S2. The van der Waals surface area contributed by atoms with E-state index in [1.165, 1.54) is 29.1 Å². The molecule has 4 aromatic heterocycles. The third-order valence-electron chi connectivity index (χ3n) is 10.9. The van der Waals surface area contributed by atoms with Gasteiger partial charge in [0, 0.05) is 25.2 Å². The molecule has 2 atom stereocenters. The van der Waals surface area contributed by atoms with Gasteiger partial charge in [-0.25, -0.2) is 9.59 Å². The second kappa shape index (κ2) is 22.0. The molecule has 7 rings (SSSR count). The molecule has 2 fully saturated rings. The molecule has 2 aliphatic rings. The number of fused-ring (bicyclic) bond motifs is 2. The van der Waals surface area contributed by atoms with Crippen molar-refractivity contribution in [3.63, 3.8) is 0 Å². The van der Waals surface area contributed by atoms with Crippen LogP contribution in [0.15, 0.2) is 67.0 Å². The first-order valence-corrected chi connectivity index (χ1v) is 22.6. The highest BCUT2D eigenvalue weighted by atomic mass is 32.1. The maximum absolute atomic E-state index is 12.9. The van der Waals surface area contributed by atoms with Crippen molar-refractivity contribution in [2.75, 3.05) is 0 Å². The lowest BCUT2D eigenvalue weighted by Gasteiger charge is -2.25. The summed E-state index contributed by atoms with van der Waals surface area (Å²) in [6.45, 7) is 4.08. The number of hydrogen-bond acceptors (Lipinski definition) is 13. The van der Waals surface area contributed by atoms with Gasteiger partial charge in [0.25, 0.3) is 0 Å². The standard InChI is InChI=1S/C27H30N2O5S.C19H24N2O3S/c1-18-14-15-28-22-16-24(35-25(18)22)23(30)13-12-21(26(31)34-20-10-6-3-7-11-20)29-27(32)33-17-19-8-4-2-5-9-19;1-12-9-10-21-15-11-17(25-18(12)15)16(22)8-7-14(20)19(23)24-13-5-3-2-4-6-13/h2,4-5,8-9,14-16,20-21H,3,6-7,10-13,17H2,1H3,(H,29,32);9-11,13-14H,2-8,20H2,1H3/t21-;14-/m11/s1. The summed E-state index contributed by atoms with van der Waals surface area (Å²) in [5, 5.41) is 2.62. The number of nitrogens with one attached hydrogen (secondary N) is 1. The van der Waals surface area contributed by atoms with Crippen LogP contribution in [0.1, 0.15) is 126 Å². The zero-order valence-electron chi connectivity index (χ0n) is 34.3. The van der Waals surface area contributed by atoms with Crippen molar-refractivity contribution < 1.29 is 38.2 Å². The number of hydrogen-bond donors (Lipinski definition) is 2. The van der Waals surface area contributed by atoms with Crippen molar-refractivity contribution >= 4 is 72.7 Å². The molecule has 2 saturated carbocycles. The fourth-order valence-corrected chi connectivity index (χ4v) is 9.45. The Labute approximate surface area is 358 Å². The Kier molecular flexibility index (Phi) is 16.3. The number of carbonyl (C=O) groups excluding carboxylic acids is 5. The van der Waals surface area contributed by atoms with Crippen LogP contribution in [0.5, 0.6) is 0 Å². The number of thiophene rings is 2. The summed E-state index contributed by atoms with van der Waals surface area (Å²) in [5.74, 6) is -0.991. The predicted molar refractivity (Wildman–Crippen MR) is 233 cm³/mol. The minimum atomic E-state index is -0.960. The molecule has 60 heavy (non-hydrogen) atoms. The van der Waals surface area contributed by atoms with E-state index in [0.29, 0.717) is 16.2 Å². The fourth-order valence-electron chi connectivity index (χ4n) is 7.35. The highest BCUT2D eigenvalue weighted by Gasteiger charge is 2.28. The van der Waals surface area contributed by atoms with Crippen LogP contribution < -0.4 is 11.1 Å². The molecular weight excluding hydrogens is 801 g/mol. The minimum Gasteiger partial charge on any atom is -0.461 e. The monoisotopic (exact) mass is 854 g/mol. The lowest BCUT2D eigenvalue weighted by molar-refractivity contribution is -0.153. The average Bonchev–Trinajstić information content (AvgIpc) is 3.92. The van der Waals surface area contributed by atoms with E-state index < -0.39 is 24.1 Å². The van der Waals surface area contributed by atoms with Crippen molar-refractivity contribution in [2.24, 2.45) is 5.73 Å². The minimum absolute atomic E-state index is 0.000328. The van der Waals surface area contributed by atoms with E-state index in [1.807, 2.05) is 62.4 Å². The Bertz CT molecular complexity index is 2240. The molecule has 0 aliphatic heterocycles. The van der Waals surface area contributed by atoms with E-state index in [9.17, 15) is 24.0 Å². The number of ketones is 2. The van der Waals surface area contributed by atoms with Gasteiger partial charge < -0.3 is 25.3 Å². The Balaban J connectivity index is 0.000000213. The van der Waals surface area contributed by atoms with Crippen molar-refractivity contribution in [1.29, 1.82) is 0 Å². The second-order valence-electron chi connectivity index (χ2n) is 15.6. The SMILES string of the molecule is Cc1ccnc2cc(C(=O)CC[C@@H](N)C(=O)OC3CCCCC3)sc12.Cc1ccnc2cc(C(=O)CC[C@@H](NC(=O)OCc3ccccc3)C(=O)OC3CCCCC3)sc12. The van der Waals surface area contributed by atoms with E-state index >= 15 is 0 Å². The molecule has 1 amide bonds. The first-order chi connectivity index (χ1) is 29.0. The van der Waals surface area contributed by atoms with Gasteiger partial charge in [-0.15, -0.1) is 22.7 Å². The Morgan fingerprint density at radius 2 is 1.20 bits per heavy atom. The maximum atomic E-state index is 12.9. The first-order valence-electron chi connectivity index (χ1n) is 20.9. The first kappa shape index (κ1) is 44.5. The summed E-state index contributed by atoms with van der Waals surface area (Å²) in [4.78, 5) is 72.7. The lowest BCUT2D eigenvalue weighted by Crippen LogP contribution is -2.43. The summed E-state index contributed by atoms with van der Waals surface area (Å²) in [6, 6.07) is 15.1. The van der Waals surface area contributed by atoms with Crippen molar-refractivity contribution in [3.8, 4) is 0 Å². The normalized spacial score (nSPS) is 15.7. The van der Waals surface area contributed by atoms with Crippen LogP contribution >= 0.6 is 22.7 Å². The van der Waals surface area contributed by atoms with E-state index in [1.54, 1.807) is 18.5 Å². The van der Waals surface area contributed by atoms with Gasteiger partial charge in [-0.05, 0) is 119 Å². The van der Waals surface area contributed by atoms with Gasteiger partial charge in [-0.3, -0.25) is 24.4 Å². The molecule has 1 aromatic carbocycles. The van der Waals surface area contributed by atoms with Crippen LogP contribution in [0.4, 0.5) is 4.79 Å². The zero-order valence-corrected chi connectivity index (χ0v) is 36.0. The number of aromatic nitrogens is 2. The third kappa shape index (κ3) is 12.7. The quantitative estimate of drug-likeness (QED) is 0.0583. The zero-order chi connectivity index (χ0) is 42.4. The molecule has 0 bridgehead atoms. The molecule has 5 aromatic rings. The molecule has 12 nitrogen and oxygen atoms in total. The predicted octanol–water partition coefficient (Wildman–Crippen LogP) is 9.51. The van der Waals surface area contributed by atoms with E-state index in [-0.39, 0.29) is 55.6 Å². The molecule has 0 radical (unpaired) electrons. The lowest BCUT2D eigenvalue weighted by atomic mass is 9.97. The number of carbonyl (C=O) groups is 5. The average molecular weight is 855 g/mol. The number of ether oxygens (including phenoxy) is 3. The topological polar surface area (TPSA) is 177 Å². The smallest absolute Gasteiger partial charge is 0.408 e. The Hall–Kier alpha value is -5.05. The molecule has 14 heteroatoms. The molecule has 3 N–H and O–H groups in total. The van der Waals surface area contributed by atoms with E-state index in [2.05, 4.69) is 15.3 Å². The van der Waals surface area contributed by atoms with Crippen molar-refractivity contribution in [2.45, 2.75) is 135 Å². The number of nitrogens with two attached hydrogens (primary N) is 1. The number of pyridine rings is 2. The van der Waals surface area contributed by atoms with Crippen LogP contribution in [0, 0.1) is 13.8 Å². The fraction of sp³-hybridized carbons (Fsp3) is 0.457. The number of rotatable bonds is 15. The van der Waals surface area contributed by atoms with Gasteiger partial charge in [0.05, 0.1) is 30.2 Å². The number of esters is 2. The highest BCUT2D eigenvalue weighted by Crippen LogP contribution is 2.30. The van der Waals surface area contributed by atoms with Crippen LogP contribution in [-0.2, 0) is 30.4 Å². The summed E-state index contributed by atoms with van der Waals surface area (Å²) >= 11 is 2.85. The molecule has 2 aliphatic carbocycles. The van der Waals surface area contributed by atoms with Gasteiger partial charge in [0.2, 0.25) is 0 Å². The molecule has 4 heterocycles. The van der Waals surface area contributed by atoms with Gasteiger partial charge in [0.1, 0.15) is 30.9 Å². The molecule has 0 spiro atoms. The number of nitrogens with zero attached hydrogens (tertiary/aromatic N) is 2. The molecule has 0 saturated heterocycles. The van der Waals surface area contributed by atoms with Crippen LogP contribution in [-0.4, -0.2) is 63.9 Å². The van der Waals surface area contributed by atoms with Crippen LogP contribution in [0.25, 0.3) is 20.4 Å². The van der Waals surface area contributed by atoms with Gasteiger partial charge in [-0.2, -0.15) is 0 Å². The van der Waals surface area contributed by atoms with Crippen molar-refractivity contribution in [1.82, 2.24) is 15.3 Å². The van der Waals surface area contributed by atoms with Crippen LogP contribution in [0.3, 0.4) is 0 Å². The van der Waals surface area contributed by atoms with E-state index in [4.69, 9.17) is 19.9 Å². The summed E-state index contributed by atoms with van der Waals surface area (Å²) < 4.78 is 18.5. The number of benzene rings is 1. The summed E-state index contributed by atoms with van der Waals surface area (Å²) in [6.07, 6.45) is 13.5. The van der Waals surface area contributed by atoms with Gasteiger partial charge >= 0.3 is 18.0 Å². The van der Waals surface area contributed by atoms with Gasteiger partial charge in [0.15, 0.2) is 11.6 Å². The number of alkyl carbamates (subject to hydrolysis) is 1. The molecule has 318 valence electrons. The Morgan fingerprint density at radius 1 is 0.700 bits per heavy atom. The van der Waals surface area contributed by atoms with Gasteiger partial charge in [-0.1, -0.05) is 43.2 Å². The number of aryl methyl sites for hydroxylation is 2. The summed E-state index contributed by atoms with van der Waals surface area (Å²) in [7, 11) is 0. The molecule has 0 unspecified atom stereocenters.